The van der Waals surface area contributed by atoms with Gasteiger partial charge < -0.3 is 10.6 Å². The second kappa shape index (κ2) is 5.85. The van der Waals surface area contributed by atoms with E-state index < -0.39 is 0 Å². The molecule has 90 valence electrons. The first-order valence-electron chi connectivity index (χ1n) is 5.89. The third-order valence-electron chi connectivity index (χ3n) is 3.02. The maximum Gasteiger partial charge on any atom is 0.146 e. The Balaban J connectivity index is 3.01. The normalized spacial score (nSPS) is 12.6. The van der Waals surface area contributed by atoms with Crippen molar-refractivity contribution in [2.24, 2.45) is 5.73 Å². The summed E-state index contributed by atoms with van der Waals surface area (Å²) >= 11 is 0. The quantitative estimate of drug-likeness (QED) is 0.833. The number of nitrogens with two attached hydrogens (primary N) is 1. The fraction of sp³-hybridized carbons (Fsp3) is 0.538. The van der Waals surface area contributed by atoms with Gasteiger partial charge in [-0.1, -0.05) is 13.0 Å². The minimum absolute atomic E-state index is 0.176. The molecule has 1 unspecified atom stereocenters. The number of rotatable bonds is 5. The summed E-state index contributed by atoms with van der Waals surface area (Å²) in [4.78, 5) is 2.08. The molecule has 0 aliphatic heterocycles. The van der Waals surface area contributed by atoms with Crippen molar-refractivity contribution < 1.29 is 4.39 Å². The number of benzene rings is 1. The molecule has 1 aromatic carbocycles. The smallest absolute Gasteiger partial charge is 0.146 e. The van der Waals surface area contributed by atoms with Crippen LogP contribution in [0, 0.1) is 5.82 Å². The lowest BCUT2D eigenvalue weighted by atomic mass is 10.1. The summed E-state index contributed by atoms with van der Waals surface area (Å²) in [5.41, 5.74) is 6.99. The Labute approximate surface area is 97.3 Å². The number of anilines is 1. The lowest BCUT2D eigenvalue weighted by Crippen LogP contribution is -2.33. The lowest BCUT2D eigenvalue weighted by Gasteiger charge is -2.30. The topological polar surface area (TPSA) is 29.3 Å². The van der Waals surface area contributed by atoms with E-state index in [1.807, 2.05) is 19.1 Å². The summed E-state index contributed by atoms with van der Waals surface area (Å²) in [6.45, 7) is 7.46. The van der Waals surface area contributed by atoms with Crippen LogP contribution in [0.5, 0.6) is 0 Å². The molecular weight excluding hydrogens is 203 g/mol. The first kappa shape index (κ1) is 13.0. The molecule has 3 heteroatoms. The highest BCUT2D eigenvalue weighted by atomic mass is 19.1. The highest BCUT2D eigenvalue weighted by Gasteiger charge is 2.14. The molecule has 2 N–H and O–H groups in total. The second-order valence-corrected chi connectivity index (χ2v) is 4.03. The van der Waals surface area contributed by atoms with Gasteiger partial charge in [0.2, 0.25) is 0 Å². The third kappa shape index (κ3) is 2.73. The molecule has 0 saturated heterocycles. The molecule has 0 aliphatic rings. The highest BCUT2D eigenvalue weighted by Crippen LogP contribution is 2.23. The SMILES string of the molecule is CCC(C)N(CC)c1ccc(CN)cc1F. The van der Waals surface area contributed by atoms with Crippen molar-refractivity contribution in [3.63, 3.8) is 0 Å². The van der Waals surface area contributed by atoms with Gasteiger partial charge in [-0.25, -0.2) is 4.39 Å². The number of hydrogen-bond acceptors (Lipinski definition) is 2. The maximum absolute atomic E-state index is 13.9. The van der Waals surface area contributed by atoms with E-state index in [0.29, 0.717) is 18.3 Å². The van der Waals surface area contributed by atoms with Crippen LogP contribution in [0.15, 0.2) is 18.2 Å². The van der Waals surface area contributed by atoms with E-state index in [1.165, 1.54) is 6.07 Å². The fourth-order valence-electron chi connectivity index (χ4n) is 1.85. The van der Waals surface area contributed by atoms with Crippen LogP contribution in [0.4, 0.5) is 10.1 Å². The van der Waals surface area contributed by atoms with Crippen LogP contribution in [-0.4, -0.2) is 12.6 Å². The Hall–Kier alpha value is -1.09. The zero-order valence-corrected chi connectivity index (χ0v) is 10.3. The Bertz CT molecular complexity index is 339. The van der Waals surface area contributed by atoms with E-state index in [0.717, 1.165) is 18.5 Å². The average molecular weight is 224 g/mol. The van der Waals surface area contributed by atoms with Crippen molar-refractivity contribution in [1.82, 2.24) is 0 Å². The van der Waals surface area contributed by atoms with E-state index in [2.05, 4.69) is 18.7 Å². The molecule has 1 atom stereocenters. The third-order valence-corrected chi connectivity index (χ3v) is 3.02. The van der Waals surface area contributed by atoms with Gasteiger partial charge in [-0.3, -0.25) is 0 Å². The molecule has 0 aliphatic carbocycles. The summed E-state index contributed by atoms with van der Waals surface area (Å²) in [6.07, 6.45) is 1.01. The van der Waals surface area contributed by atoms with Gasteiger partial charge >= 0.3 is 0 Å². The maximum atomic E-state index is 13.9. The van der Waals surface area contributed by atoms with Gasteiger partial charge in [-0.05, 0) is 38.0 Å². The van der Waals surface area contributed by atoms with Crippen molar-refractivity contribution in [2.45, 2.75) is 39.8 Å². The molecule has 0 aromatic heterocycles. The second-order valence-electron chi connectivity index (χ2n) is 4.03. The van der Waals surface area contributed by atoms with Crippen LogP contribution < -0.4 is 10.6 Å². The van der Waals surface area contributed by atoms with E-state index in [9.17, 15) is 4.39 Å². The number of halogens is 1. The summed E-state index contributed by atoms with van der Waals surface area (Å²) in [5.74, 6) is -0.176. The first-order valence-corrected chi connectivity index (χ1v) is 5.89. The van der Waals surface area contributed by atoms with Crippen molar-refractivity contribution in [1.29, 1.82) is 0 Å². The standard InChI is InChI=1S/C13H21FN2/c1-4-10(3)16(5-2)13-7-6-11(9-15)8-12(13)14/h6-8,10H,4-5,9,15H2,1-3H3. The number of hydrogen-bond donors (Lipinski definition) is 1. The van der Waals surface area contributed by atoms with Crippen molar-refractivity contribution in [3.05, 3.63) is 29.6 Å². The largest absolute Gasteiger partial charge is 0.367 e. The van der Waals surface area contributed by atoms with Crippen LogP contribution in [0.3, 0.4) is 0 Å². The highest BCUT2D eigenvalue weighted by molar-refractivity contribution is 5.49. The Morgan fingerprint density at radius 3 is 2.50 bits per heavy atom. The minimum atomic E-state index is -0.176. The van der Waals surface area contributed by atoms with Gasteiger partial charge in [0.25, 0.3) is 0 Å². The van der Waals surface area contributed by atoms with Crippen LogP contribution in [0.25, 0.3) is 0 Å². The van der Waals surface area contributed by atoms with Crippen LogP contribution in [0.2, 0.25) is 0 Å². The molecule has 0 heterocycles. The Kier molecular flexibility index (Phi) is 4.74. The predicted octanol–water partition coefficient (Wildman–Crippen LogP) is 2.91. The summed E-state index contributed by atoms with van der Waals surface area (Å²) in [6, 6.07) is 5.60. The molecule has 0 spiro atoms. The van der Waals surface area contributed by atoms with E-state index in [1.54, 1.807) is 0 Å². The Morgan fingerprint density at radius 2 is 2.06 bits per heavy atom. The molecule has 1 aromatic rings. The fourth-order valence-corrected chi connectivity index (χ4v) is 1.85. The molecule has 0 amide bonds. The number of nitrogens with zero attached hydrogens (tertiary/aromatic N) is 1. The van der Waals surface area contributed by atoms with Gasteiger partial charge in [-0.2, -0.15) is 0 Å². The molecule has 2 nitrogen and oxygen atoms in total. The lowest BCUT2D eigenvalue weighted by molar-refractivity contribution is 0.582. The summed E-state index contributed by atoms with van der Waals surface area (Å²) in [5, 5.41) is 0. The molecule has 1 rings (SSSR count). The van der Waals surface area contributed by atoms with E-state index in [4.69, 9.17) is 5.73 Å². The first-order chi connectivity index (χ1) is 7.63. The predicted molar refractivity (Wildman–Crippen MR) is 67.1 cm³/mol. The molecule has 16 heavy (non-hydrogen) atoms. The van der Waals surface area contributed by atoms with Crippen molar-refractivity contribution in [3.8, 4) is 0 Å². The summed E-state index contributed by atoms with van der Waals surface area (Å²) < 4.78 is 13.9. The van der Waals surface area contributed by atoms with Gasteiger partial charge in [-0.15, -0.1) is 0 Å². The monoisotopic (exact) mass is 224 g/mol. The van der Waals surface area contributed by atoms with Gasteiger partial charge in [0, 0.05) is 19.1 Å². The van der Waals surface area contributed by atoms with Crippen LogP contribution in [0.1, 0.15) is 32.8 Å². The molecule has 0 saturated carbocycles. The zero-order valence-electron chi connectivity index (χ0n) is 10.3. The zero-order chi connectivity index (χ0) is 12.1. The van der Waals surface area contributed by atoms with Crippen LogP contribution in [-0.2, 0) is 6.54 Å². The molecule has 0 fully saturated rings. The van der Waals surface area contributed by atoms with Gasteiger partial charge in [0.05, 0.1) is 5.69 Å². The Morgan fingerprint density at radius 1 is 1.38 bits per heavy atom. The van der Waals surface area contributed by atoms with E-state index in [-0.39, 0.29) is 5.82 Å². The van der Waals surface area contributed by atoms with Crippen LogP contribution >= 0.6 is 0 Å². The van der Waals surface area contributed by atoms with E-state index >= 15 is 0 Å². The molecule has 0 radical (unpaired) electrons. The van der Waals surface area contributed by atoms with Gasteiger partial charge in [0.15, 0.2) is 0 Å². The van der Waals surface area contributed by atoms with Gasteiger partial charge in [0.1, 0.15) is 5.82 Å². The average Bonchev–Trinajstić information content (AvgIpc) is 2.31. The molecular formula is C13H21FN2. The molecule has 0 bridgehead atoms. The van der Waals surface area contributed by atoms with Crippen molar-refractivity contribution >= 4 is 5.69 Å². The summed E-state index contributed by atoms with van der Waals surface area (Å²) in [7, 11) is 0. The minimum Gasteiger partial charge on any atom is -0.367 e. The van der Waals surface area contributed by atoms with Crippen molar-refractivity contribution in [2.75, 3.05) is 11.4 Å².